The van der Waals surface area contributed by atoms with E-state index in [1.54, 1.807) is 19.2 Å². The summed E-state index contributed by atoms with van der Waals surface area (Å²) in [5.74, 6) is 2.88. The van der Waals surface area contributed by atoms with E-state index in [1.165, 1.54) is 12.1 Å². The van der Waals surface area contributed by atoms with E-state index in [0.717, 1.165) is 37.8 Å². The lowest BCUT2D eigenvalue weighted by atomic mass is 10.1. The zero-order chi connectivity index (χ0) is 21.3. The Morgan fingerprint density at radius 3 is 2.47 bits per heavy atom. The van der Waals surface area contributed by atoms with Crippen LogP contribution in [0.15, 0.2) is 45.8 Å². The van der Waals surface area contributed by atoms with Gasteiger partial charge in [0.05, 0.1) is 25.8 Å². The monoisotopic (exact) mass is 418 g/mol. The van der Waals surface area contributed by atoms with Crippen molar-refractivity contribution in [2.45, 2.75) is 26.0 Å². The van der Waals surface area contributed by atoms with E-state index in [2.05, 4.69) is 20.5 Å². The second-order valence-corrected chi connectivity index (χ2v) is 7.33. The lowest BCUT2D eigenvalue weighted by Crippen LogP contribution is -2.47. The summed E-state index contributed by atoms with van der Waals surface area (Å²) in [5.41, 5.74) is 0. The number of aryl methyl sites for hydroxylation is 1. The molecule has 3 rings (SSSR count). The fourth-order valence-corrected chi connectivity index (χ4v) is 3.37. The van der Waals surface area contributed by atoms with Crippen LogP contribution in [0.1, 0.15) is 24.5 Å². The summed E-state index contributed by atoms with van der Waals surface area (Å²) in [7, 11) is 1.74. The third-order valence-corrected chi connectivity index (χ3v) is 4.97. The molecule has 2 N–H and O–H groups in total. The molecule has 2 atom stereocenters. The number of aliphatic imine (C=N–C) groups is 1. The predicted octanol–water partition coefficient (Wildman–Crippen LogP) is 2.73. The van der Waals surface area contributed by atoms with Gasteiger partial charge in [-0.25, -0.2) is 4.39 Å². The topological polar surface area (TPSA) is 71.3 Å². The molecule has 0 saturated carbocycles. The minimum atomic E-state index is -0.278. The Kier molecular flexibility index (Phi) is 8.10. The van der Waals surface area contributed by atoms with Crippen LogP contribution in [0.5, 0.6) is 5.75 Å². The van der Waals surface area contributed by atoms with Crippen molar-refractivity contribution in [2.24, 2.45) is 4.99 Å². The van der Waals surface area contributed by atoms with Gasteiger partial charge in [-0.3, -0.25) is 9.89 Å². The van der Waals surface area contributed by atoms with E-state index in [1.807, 2.05) is 26.0 Å². The maximum atomic E-state index is 13.0. The summed E-state index contributed by atoms with van der Waals surface area (Å²) >= 11 is 0. The van der Waals surface area contributed by atoms with Crippen molar-refractivity contribution in [3.63, 3.8) is 0 Å². The third-order valence-electron chi connectivity index (χ3n) is 4.97. The van der Waals surface area contributed by atoms with Crippen LogP contribution >= 0.6 is 0 Å². The van der Waals surface area contributed by atoms with Gasteiger partial charge in [-0.15, -0.1) is 0 Å². The molecule has 7 nitrogen and oxygen atoms in total. The molecule has 164 valence electrons. The van der Waals surface area contributed by atoms with Crippen molar-refractivity contribution in [3.8, 4) is 5.75 Å². The van der Waals surface area contributed by atoms with E-state index < -0.39 is 0 Å². The maximum Gasteiger partial charge on any atom is 0.191 e. The Bertz CT molecular complexity index is 803. The number of guanidine groups is 1. The SMILES string of the molecule is CN=C(NCC(C)Oc1ccc(F)cc1)NCC(c1ccc(C)o1)N1CCOCC1. The van der Waals surface area contributed by atoms with Crippen molar-refractivity contribution < 1.29 is 18.3 Å². The summed E-state index contributed by atoms with van der Waals surface area (Å²) in [6, 6.07) is 10.1. The highest BCUT2D eigenvalue weighted by Crippen LogP contribution is 2.23. The van der Waals surface area contributed by atoms with E-state index >= 15 is 0 Å². The molecular weight excluding hydrogens is 387 g/mol. The first-order valence-corrected chi connectivity index (χ1v) is 10.3. The van der Waals surface area contributed by atoms with Gasteiger partial charge in [-0.2, -0.15) is 0 Å². The van der Waals surface area contributed by atoms with Crippen LogP contribution in [0, 0.1) is 12.7 Å². The molecule has 2 aromatic rings. The first-order valence-electron chi connectivity index (χ1n) is 10.3. The van der Waals surface area contributed by atoms with Crippen molar-refractivity contribution in [1.29, 1.82) is 0 Å². The molecule has 0 radical (unpaired) electrons. The minimum absolute atomic E-state index is 0.0917. The lowest BCUT2D eigenvalue weighted by molar-refractivity contribution is 0.0124. The fourth-order valence-electron chi connectivity index (χ4n) is 3.37. The molecule has 1 saturated heterocycles. The number of ether oxygens (including phenoxy) is 2. The Morgan fingerprint density at radius 1 is 1.13 bits per heavy atom. The summed E-state index contributed by atoms with van der Waals surface area (Å²) in [6.45, 7) is 8.28. The molecule has 30 heavy (non-hydrogen) atoms. The van der Waals surface area contributed by atoms with Crippen molar-refractivity contribution in [3.05, 3.63) is 53.7 Å². The summed E-state index contributed by atoms with van der Waals surface area (Å²) in [5, 5.41) is 6.67. The van der Waals surface area contributed by atoms with Gasteiger partial charge < -0.3 is 24.5 Å². The van der Waals surface area contributed by atoms with E-state index in [9.17, 15) is 4.39 Å². The van der Waals surface area contributed by atoms with Crippen LogP contribution in [-0.2, 0) is 4.74 Å². The molecule has 0 aliphatic carbocycles. The number of nitrogens with zero attached hydrogens (tertiary/aromatic N) is 2. The molecule has 1 aromatic carbocycles. The van der Waals surface area contributed by atoms with Crippen LogP contribution in [0.25, 0.3) is 0 Å². The highest BCUT2D eigenvalue weighted by Gasteiger charge is 2.25. The lowest BCUT2D eigenvalue weighted by Gasteiger charge is -2.33. The molecule has 0 amide bonds. The molecule has 8 heteroatoms. The van der Waals surface area contributed by atoms with Gasteiger partial charge in [0.15, 0.2) is 5.96 Å². The molecule has 1 aliphatic rings. The summed E-state index contributed by atoms with van der Waals surface area (Å²) in [6.07, 6.45) is -0.114. The maximum absolute atomic E-state index is 13.0. The van der Waals surface area contributed by atoms with Gasteiger partial charge in [0.2, 0.25) is 0 Å². The van der Waals surface area contributed by atoms with Crippen LogP contribution in [-0.4, -0.2) is 63.4 Å². The van der Waals surface area contributed by atoms with Crippen LogP contribution in [0.2, 0.25) is 0 Å². The smallest absolute Gasteiger partial charge is 0.191 e. The molecule has 2 unspecified atom stereocenters. The molecule has 1 aromatic heterocycles. The fraction of sp³-hybridized carbons (Fsp3) is 0.500. The number of benzene rings is 1. The van der Waals surface area contributed by atoms with Crippen molar-refractivity contribution in [1.82, 2.24) is 15.5 Å². The summed E-state index contributed by atoms with van der Waals surface area (Å²) in [4.78, 5) is 6.67. The van der Waals surface area contributed by atoms with Gasteiger partial charge >= 0.3 is 0 Å². The second-order valence-electron chi connectivity index (χ2n) is 7.33. The zero-order valence-corrected chi connectivity index (χ0v) is 17.9. The van der Waals surface area contributed by atoms with Gasteiger partial charge in [0, 0.05) is 26.7 Å². The number of hydrogen-bond acceptors (Lipinski definition) is 5. The Hall–Kier alpha value is -2.58. The first kappa shape index (κ1) is 22.1. The average molecular weight is 419 g/mol. The highest BCUT2D eigenvalue weighted by atomic mass is 19.1. The van der Waals surface area contributed by atoms with Gasteiger partial charge in [-0.05, 0) is 50.2 Å². The van der Waals surface area contributed by atoms with E-state index in [0.29, 0.717) is 24.8 Å². The Labute approximate surface area is 177 Å². The first-order chi connectivity index (χ1) is 14.5. The van der Waals surface area contributed by atoms with Crippen molar-refractivity contribution >= 4 is 5.96 Å². The van der Waals surface area contributed by atoms with Crippen LogP contribution in [0.4, 0.5) is 4.39 Å². The standard InChI is InChI=1S/C22H31FN4O3/c1-16-4-9-21(30-16)20(27-10-12-28-13-11-27)15-26-22(24-3)25-14-17(2)29-19-7-5-18(23)6-8-19/h4-9,17,20H,10-15H2,1-3H3,(H2,24,25,26). The number of nitrogens with one attached hydrogen (secondary N) is 2. The predicted molar refractivity (Wildman–Crippen MR) is 114 cm³/mol. The number of hydrogen-bond donors (Lipinski definition) is 2. The molecular formula is C22H31FN4O3. The highest BCUT2D eigenvalue weighted by molar-refractivity contribution is 5.79. The van der Waals surface area contributed by atoms with Crippen molar-refractivity contribution in [2.75, 3.05) is 46.4 Å². The minimum Gasteiger partial charge on any atom is -0.489 e. The zero-order valence-electron chi connectivity index (χ0n) is 17.9. The van der Waals surface area contributed by atoms with Gasteiger partial charge in [-0.1, -0.05) is 0 Å². The van der Waals surface area contributed by atoms with Crippen LogP contribution in [0.3, 0.4) is 0 Å². The largest absolute Gasteiger partial charge is 0.489 e. The Morgan fingerprint density at radius 2 is 1.83 bits per heavy atom. The molecule has 0 bridgehead atoms. The number of morpholine rings is 1. The molecule has 2 heterocycles. The van der Waals surface area contributed by atoms with Gasteiger partial charge in [0.1, 0.15) is 29.2 Å². The molecule has 1 fully saturated rings. The van der Waals surface area contributed by atoms with Gasteiger partial charge in [0.25, 0.3) is 0 Å². The number of rotatable bonds is 8. The summed E-state index contributed by atoms with van der Waals surface area (Å²) < 4.78 is 30.2. The van der Waals surface area contributed by atoms with E-state index in [-0.39, 0.29) is 18.0 Å². The quantitative estimate of drug-likeness (QED) is 0.507. The third kappa shape index (κ3) is 6.47. The normalized spacial score (nSPS) is 17.4. The average Bonchev–Trinajstić information content (AvgIpc) is 3.19. The Balaban J connectivity index is 1.52. The number of halogens is 1. The second kappa shape index (κ2) is 11.0. The van der Waals surface area contributed by atoms with E-state index in [4.69, 9.17) is 13.9 Å². The van der Waals surface area contributed by atoms with Crippen LogP contribution < -0.4 is 15.4 Å². The number of furan rings is 1. The molecule has 0 spiro atoms. The molecule has 1 aliphatic heterocycles.